The van der Waals surface area contributed by atoms with Gasteiger partial charge in [-0.2, -0.15) is 0 Å². The molecule has 1 N–H and O–H groups in total. The van der Waals surface area contributed by atoms with E-state index in [1.807, 2.05) is 7.05 Å². The van der Waals surface area contributed by atoms with E-state index in [1.165, 1.54) is 7.11 Å². The quantitative estimate of drug-likeness (QED) is 0.764. The van der Waals surface area contributed by atoms with E-state index in [1.54, 1.807) is 0 Å². The summed E-state index contributed by atoms with van der Waals surface area (Å²) in [6.45, 7) is 8.68. The monoisotopic (exact) mass is 284 g/mol. The summed E-state index contributed by atoms with van der Waals surface area (Å²) in [5.41, 5.74) is -0.737. The summed E-state index contributed by atoms with van der Waals surface area (Å²) < 4.78 is 11.0. The molecule has 5 nitrogen and oxygen atoms in total. The fourth-order valence-corrected chi connectivity index (χ4v) is 3.56. The fraction of sp³-hybridized carbons (Fsp3) is 0.933. The van der Waals surface area contributed by atoms with Crippen molar-refractivity contribution in [3.05, 3.63) is 0 Å². The van der Waals surface area contributed by atoms with E-state index in [-0.39, 0.29) is 17.7 Å². The molecule has 2 atom stereocenters. The highest BCUT2D eigenvalue weighted by atomic mass is 16.5. The lowest BCUT2D eigenvalue weighted by atomic mass is 9.91. The molecule has 0 spiro atoms. The zero-order chi connectivity index (χ0) is 15.0. The molecule has 2 unspecified atom stereocenters. The molecule has 0 aromatic carbocycles. The molecule has 2 fully saturated rings. The minimum atomic E-state index is -0.568. The first-order chi connectivity index (χ1) is 9.33. The lowest BCUT2D eigenvalue weighted by molar-refractivity contribution is -0.157. The third-order valence-corrected chi connectivity index (χ3v) is 4.38. The Balaban J connectivity index is 2.13. The molecule has 0 aromatic rings. The molecule has 0 radical (unpaired) electrons. The van der Waals surface area contributed by atoms with Crippen LogP contribution in [0, 0.1) is 5.92 Å². The zero-order valence-corrected chi connectivity index (χ0v) is 13.4. The second kappa shape index (κ2) is 5.62. The summed E-state index contributed by atoms with van der Waals surface area (Å²) >= 11 is 0. The largest absolute Gasteiger partial charge is 0.468 e. The van der Waals surface area contributed by atoms with Gasteiger partial charge in [0, 0.05) is 19.6 Å². The summed E-state index contributed by atoms with van der Waals surface area (Å²) in [7, 11) is 3.34. The molecule has 1 saturated carbocycles. The highest BCUT2D eigenvalue weighted by Crippen LogP contribution is 2.41. The SMILES string of the molecule is CNC(CN1CC(C)OC(C)(C)C1)(C(=O)OC)C1CC1. The van der Waals surface area contributed by atoms with Gasteiger partial charge in [0.05, 0.1) is 18.8 Å². The minimum absolute atomic E-state index is 0.139. The number of methoxy groups -OCH3 is 1. The van der Waals surface area contributed by atoms with Crippen LogP contribution in [-0.4, -0.2) is 61.9 Å². The number of esters is 1. The van der Waals surface area contributed by atoms with Gasteiger partial charge < -0.3 is 14.8 Å². The Morgan fingerprint density at radius 1 is 1.50 bits per heavy atom. The van der Waals surface area contributed by atoms with Crippen LogP contribution in [0.15, 0.2) is 0 Å². The van der Waals surface area contributed by atoms with Gasteiger partial charge in [0.2, 0.25) is 0 Å². The Kier molecular flexibility index (Phi) is 4.42. The number of nitrogens with zero attached hydrogens (tertiary/aromatic N) is 1. The van der Waals surface area contributed by atoms with E-state index in [0.29, 0.717) is 12.5 Å². The Labute approximate surface area is 122 Å². The van der Waals surface area contributed by atoms with E-state index in [2.05, 4.69) is 31.0 Å². The van der Waals surface area contributed by atoms with Crippen molar-refractivity contribution in [1.29, 1.82) is 0 Å². The van der Waals surface area contributed by atoms with Gasteiger partial charge in [-0.1, -0.05) is 0 Å². The number of morpholine rings is 1. The summed E-state index contributed by atoms with van der Waals surface area (Å²) in [6.07, 6.45) is 2.38. The molecule has 0 amide bonds. The molecule has 116 valence electrons. The van der Waals surface area contributed by atoms with E-state index >= 15 is 0 Å². The second-order valence-electron chi connectivity index (χ2n) is 6.84. The second-order valence-corrected chi connectivity index (χ2v) is 6.84. The third kappa shape index (κ3) is 3.15. The summed E-state index contributed by atoms with van der Waals surface area (Å²) in [5.74, 6) is 0.251. The van der Waals surface area contributed by atoms with Crippen LogP contribution < -0.4 is 5.32 Å². The van der Waals surface area contributed by atoms with Crippen LogP contribution in [0.2, 0.25) is 0 Å². The van der Waals surface area contributed by atoms with E-state index in [9.17, 15) is 4.79 Å². The molecule has 2 rings (SSSR count). The van der Waals surface area contributed by atoms with Gasteiger partial charge >= 0.3 is 5.97 Å². The molecule has 1 aliphatic heterocycles. The predicted octanol–water partition coefficient (Wildman–Crippen LogP) is 1.03. The number of hydrogen-bond donors (Lipinski definition) is 1. The van der Waals surface area contributed by atoms with Crippen molar-refractivity contribution in [2.45, 2.75) is 50.9 Å². The van der Waals surface area contributed by atoms with Crippen molar-refractivity contribution < 1.29 is 14.3 Å². The van der Waals surface area contributed by atoms with Crippen molar-refractivity contribution >= 4 is 5.97 Å². The molecule has 0 aromatic heterocycles. The average molecular weight is 284 g/mol. The van der Waals surface area contributed by atoms with Crippen LogP contribution in [-0.2, 0) is 14.3 Å². The first kappa shape index (κ1) is 15.7. The number of hydrogen-bond acceptors (Lipinski definition) is 5. The van der Waals surface area contributed by atoms with Gasteiger partial charge in [-0.05, 0) is 46.6 Å². The third-order valence-electron chi connectivity index (χ3n) is 4.38. The highest BCUT2D eigenvalue weighted by molar-refractivity contribution is 5.82. The van der Waals surface area contributed by atoms with E-state index in [0.717, 1.165) is 25.9 Å². The maximum Gasteiger partial charge on any atom is 0.327 e. The summed E-state index contributed by atoms with van der Waals surface area (Å²) in [5, 5.41) is 3.26. The van der Waals surface area contributed by atoms with Gasteiger partial charge in [-0.15, -0.1) is 0 Å². The van der Waals surface area contributed by atoms with E-state index in [4.69, 9.17) is 9.47 Å². The number of carbonyl (C=O) groups is 1. The molecule has 5 heteroatoms. The molecule has 1 saturated heterocycles. The fourth-order valence-electron chi connectivity index (χ4n) is 3.56. The van der Waals surface area contributed by atoms with Crippen molar-refractivity contribution in [2.75, 3.05) is 33.8 Å². The normalized spacial score (nSPS) is 29.8. The maximum atomic E-state index is 12.3. The molecule has 0 bridgehead atoms. The lowest BCUT2D eigenvalue weighted by Gasteiger charge is -2.45. The zero-order valence-electron chi connectivity index (χ0n) is 13.4. The van der Waals surface area contributed by atoms with E-state index < -0.39 is 5.54 Å². The highest BCUT2D eigenvalue weighted by Gasteiger charge is 2.52. The number of nitrogens with one attached hydrogen (secondary N) is 1. The molecule has 20 heavy (non-hydrogen) atoms. The van der Waals surface area contributed by atoms with Crippen molar-refractivity contribution in [1.82, 2.24) is 10.2 Å². The Morgan fingerprint density at radius 3 is 2.60 bits per heavy atom. The average Bonchev–Trinajstić information content (AvgIpc) is 3.17. The topological polar surface area (TPSA) is 50.8 Å². The van der Waals surface area contributed by atoms with Crippen LogP contribution in [0.5, 0.6) is 0 Å². The smallest absolute Gasteiger partial charge is 0.327 e. The molecular weight excluding hydrogens is 256 g/mol. The number of rotatable bonds is 5. The Morgan fingerprint density at radius 2 is 2.15 bits per heavy atom. The standard InChI is InChI=1S/C15H28N2O3/c1-11-8-17(9-14(2,3)20-11)10-15(16-4,12-6-7-12)13(18)19-5/h11-12,16H,6-10H2,1-5H3. The van der Waals surface area contributed by atoms with Gasteiger partial charge in [0.15, 0.2) is 0 Å². The summed E-state index contributed by atoms with van der Waals surface area (Å²) in [4.78, 5) is 14.7. The Bertz CT molecular complexity index is 368. The van der Waals surface area contributed by atoms with Crippen LogP contribution >= 0.6 is 0 Å². The first-order valence-corrected chi connectivity index (χ1v) is 7.50. The van der Waals surface area contributed by atoms with Gasteiger partial charge in [-0.25, -0.2) is 4.79 Å². The molecule has 2 aliphatic rings. The number of likely N-dealkylation sites (N-methyl/N-ethyl adjacent to an activating group) is 1. The van der Waals surface area contributed by atoms with Crippen LogP contribution in [0.1, 0.15) is 33.6 Å². The van der Waals surface area contributed by atoms with Crippen molar-refractivity contribution in [2.24, 2.45) is 5.92 Å². The lowest BCUT2D eigenvalue weighted by Crippen LogP contribution is -2.63. The molecular formula is C15H28N2O3. The summed E-state index contributed by atoms with van der Waals surface area (Å²) in [6, 6.07) is 0. The van der Waals surface area contributed by atoms with Crippen LogP contribution in [0.4, 0.5) is 0 Å². The number of carbonyl (C=O) groups excluding carboxylic acids is 1. The van der Waals surface area contributed by atoms with Crippen molar-refractivity contribution in [3.8, 4) is 0 Å². The van der Waals surface area contributed by atoms with Gasteiger partial charge in [0.25, 0.3) is 0 Å². The van der Waals surface area contributed by atoms with Gasteiger partial charge in [0.1, 0.15) is 5.54 Å². The predicted molar refractivity (Wildman–Crippen MR) is 77.6 cm³/mol. The Hall–Kier alpha value is -0.650. The van der Waals surface area contributed by atoms with Gasteiger partial charge in [-0.3, -0.25) is 4.90 Å². The van der Waals surface area contributed by atoms with Crippen molar-refractivity contribution in [3.63, 3.8) is 0 Å². The number of ether oxygens (including phenoxy) is 2. The molecule has 1 aliphatic carbocycles. The van der Waals surface area contributed by atoms with Crippen LogP contribution in [0.3, 0.4) is 0 Å². The maximum absolute atomic E-state index is 12.3. The molecule has 1 heterocycles. The minimum Gasteiger partial charge on any atom is -0.468 e. The first-order valence-electron chi connectivity index (χ1n) is 7.50. The van der Waals surface area contributed by atoms with Crippen LogP contribution in [0.25, 0.3) is 0 Å².